The van der Waals surface area contributed by atoms with E-state index < -0.39 is 15.7 Å². The van der Waals surface area contributed by atoms with E-state index in [1.165, 1.54) is 4.57 Å². The number of sulfone groups is 1. The Balaban J connectivity index is 1.96. The minimum Gasteiger partial charge on any atom is -0.338 e. The van der Waals surface area contributed by atoms with Crippen molar-refractivity contribution in [2.75, 3.05) is 11.6 Å². The lowest BCUT2D eigenvalue weighted by molar-refractivity contribution is -0.116. The van der Waals surface area contributed by atoms with Gasteiger partial charge in [-0.15, -0.1) is 0 Å². The molecule has 3 aromatic rings. The largest absolute Gasteiger partial charge is 0.338 e. The number of rotatable bonds is 4. The Hall–Kier alpha value is -2.68. The number of anilines is 1. The second-order valence-corrected chi connectivity index (χ2v) is 7.03. The number of fused-ring (bicyclic) bond motifs is 1. The van der Waals surface area contributed by atoms with E-state index in [1.807, 2.05) is 0 Å². The third-order valence-corrected chi connectivity index (χ3v) is 4.12. The van der Waals surface area contributed by atoms with Gasteiger partial charge in [-0.25, -0.2) is 13.4 Å². The fourth-order valence-corrected chi connectivity index (χ4v) is 3.06. The summed E-state index contributed by atoms with van der Waals surface area (Å²) in [4.78, 5) is 16.3. The van der Waals surface area contributed by atoms with Crippen molar-refractivity contribution in [2.45, 2.75) is 18.6 Å². The van der Waals surface area contributed by atoms with Gasteiger partial charge in [-0.1, -0.05) is 17.3 Å². The Bertz CT molecular complexity index is 987. The molecule has 0 aliphatic heterocycles. The van der Waals surface area contributed by atoms with Gasteiger partial charge in [0.05, 0.1) is 16.7 Å². The van der Waals surface area contributed by atoms with Crippen molar-refractivity contribution in [2.24, 2.45) is 0 Å². The quantitative estimate of drug-likeness (QED) is 0.772. The van der Waals surface area contributed by atoms with Crippen LogP contribution in [-0.4, -0.2) is 35.3 Å². The summed E-state index contributed by atoms with van der Waals surface area (Å²) in [6, 6.07) is 8.48. The summed E-state index contributed by atoms with van der Waals surface area (Å²) in [6.45, 7) is 1.52. The van der Waals surface area contributed by atoms with E-state index in [4.69, 9.17) is 4.52 Å². The van der Waals surface area contributed by atoms with Crippen LogP contribution in [0.4, 0.5) is 5.88 Å². The number of carbonyl (C=O) groups is 1. The van der Waals surface area contributed by atoms with Gasteiger partial charge in [0.25, 0.3) is 0 Å². The average molecular weight is 334 g/mol. The van der Waals surface area contributed by atoms with Crippen molar-refractivity contribution in [1.82, 2.24) is 14.7 Å². The molecule has 2 heterocycles. The number of aromatic nitrogens is 3. The van der Waals surface area contributed by atoms with E-state index in [1.54, 1.807) is 37.3 Å². The highest BCUT2D eigenvalue weighted by molar-refractivity contribution is 7.90. The molecule has 0 saturated carbocycles. The van der Waals surface area contributed by atoms with Crippen molar-refractivity contribution in [1.29, 1.82) is 0 Å². The van der Waals surface area contributed by atoms with Gasteiger partial charge in [-0.3, -0.25) is 10.1 Å². The summed E-state index contributed by atoms with van der Waals surface area (Å²) >= 11 is 0. The topological polar surface area (TPSA) is 107 Å². The summed E-state index contributed by atoms with van der Waals surface area (Å²) in [5.41, 5.74) is 1.71. The van der Waals surface area contributed by atoms with Crippen LogP contribution >= 0.6 is 0 Å². The average Bonchev–Trinajstić information content (AvgIpc) is 3.03. The Kier molecular flexibility index (Phi) is 3.64. The van der Waals surface area contributed by atoms with Gasteiger partial charge in [-0.05, 0) is 19.1 Å². The lowest BCUT2D eigenvalue weighted by Crippen LogP contribution is -2.21. The predicted octanol–water partition coefficient (Wildman–Crippen LogP) is 1.37. The predicted molar refractivity (Wildman–Crippen MR) is 82.7 cm³/mol. The molecule has 0 spiro atoms. The molecular formula is C14H14N4O4S. The highest BCUT2D eigenvalue weighted by Crippen LogP contribution is 2.19. The molecule has 1 N–H and O–H groups in total. The highest BCUT2D eigenvalue weighted by atomic mass is 32.2. The molecule has 8 nitrogen and oxygen atoms in total. The number of nitrogens with one attached hydrogen (secondary N) is 1. The molecule has 0 aliphatic carbocycles. The molecule has 1 aromatic carbocycles. The molecule has 0 unspecified atom stereocenters. The number of amides is 1. The first-order valence-corrected chi connectivity index (χ1v) is 8.62. The van der Waals surface area contributed by atoms with Crippen molar-refractivity contribution in [3.8, 4) is 0 Å². The van der Waals surface area contributed by atoms with E-state index >= 15 is 0 Å². The van der Waals surface area contributed by atoms with Crippen molar-refractivity contribution in [3.05, 3.63) is 36.0 Å². The third kappa shape index (κ3) is 3.09. The Morgan fingerprint density at radius 1 is 1.35 bits per heavy atom. The molecule has 9 heteroatoms. The van der Waals surface area contributed by atoms with Crippen LogP contribution in [-0.2, 0) is 21.2 Å². The minimum atomic E-state index is -3.57. The van der Waals surface area contributed by atoms with Crippen LogP contribution in [0.2, 0.25) is 0 Å². The lowest BCUT2D eigenvalue weighted by Gasteiger charge is -2.07. The van der Waals surface area contributed by atoms with Crippen LogP contribution in [0.3, 0.4) is 0 Å². The summed E-state index contributed by atoms with van der Waals surface area (Å²) in [5, 5.41) is 6.05. The number of hydrogen-bond donors (Lipinski definition) is 1. The maximum Gasteiger partial charge on any atom is 0.246 e. The summed E-state index contributed by atoms with van der Waals surface area (Å²) < 4.78 is 30.1. The maximum absolute atomic E-state index is 12.2. The van der Waals surface area contributed by atoms with Crippen LogP contribution in [0.15, 0.2) is 40.0 Å². The smallest absolute Gasteiger partial charge is 0.246 e. The van der Waals surface area contributed by atoms with Gasteiger partial charge < -0.3 is 9.09 Å². The Morgan fingerprint density at radius 2 is 2.09 bits per heavy atom. The van der Waals surface area contributed by atoms with Crippen molar-refractivity contribution in [3.63, 3.8) is 0 Å². The number of benzene rings is 1. The molecule has 0 atom stereocenters. The van der Waals surface area contributed by atoms with Crippen molar-refractivity contribution >= 4 is 32.7 Å². The first-order chi connectivity index (χ1) is 10.8. The summed E-state index contributed by atoms with van der Waals surface area (Å²) in [7, 11) is -3.57. The van der Waals surface area contributed by atoms with Crippen molar-refractivity contribution < 1.29 is 17.7 Å². The zero-order chi connectivity index (χ0) is 16.6. The van der Waals surface area contributed by atoms with E-state index in [2.05, 4.69) is 15.5 Å². The van der Waals surface area contributed by atoms with Gasteiger partial charge in [0.15, 0.2) is 0 Å². The van der Waals surface area contributed by atoms with Crippen LogP contribution in [0.25, 0.3) is 11.0 Å². The van der Waals surface area contributed by atoms with Gasteiger partial charge in [0.2, 0.25) is 26.8 Å². The normalized spacial score (nSPS) is 11.7. The molecule has 1 amide bonds. The van der Waals surface area contributed by atoms with Crippen LogP contribution in [0, 0.1) is 6.92 Å². The molecule has 0 saturated heterocycles. The van der Waals surface area contributed by atoms with E-state index in [9.17, 15) is 13.2 Å². The molecular weight excluding hydrogens is 320 g/mol. The number of imidazole rings is 1. The van der Waals surface area contributed by atoms with Gasteiger partial charge in [0.1, 0.15) is 6.54 Å². The molecule has 120 valence electrons. The zero-order valence-corrected chi connectivity index (χ0v) is 13.3. The SMILES string of the molecule is Cc1cc(NC(=O)Cn2c(S(C)(=O)=O)nc3ccccc32)on1. The first-order valence-electron chi connectivity index (χ1n) is 6.73. The lowest BCUT2D eigenvalue weighted by atomic mass is 10.3. The Morgan fingerprint density at radius 3 is 2.74 bits per heavy atom. The fraction of sp³-hybridized carbons (Fsp3) is 0.214. The standard InChI is InChI=1S/C14H14N4O4S/c1-9-7-13(22-17-9)16-12(19)8-18-11-6-4-3-5-10(11)15-14(18)23(2,20)21/h3-7H,8H2,1-2H3,(H,16,19). The first kappa shape index (κ1) is 15.2. The second-order valence-electron chi connectivity index (χ2n) is 5.12. The van der Waals surface area contributed by atoms with Crippen LogP contribution in [0.1, 0.15) is 5.69 Å². The van der Waals surface area contributed by atoms with Crippen LogP contribution in [0.5, 0.6) is 0 Å². The number of hydrogen-bond acceptors (Lipinski definition) is 6. The molecule has 23 heavy (non-hydrogen) atoms. The van der Waals surface area contributed by atoms with Gasteiger partial charge in [0, 0.05) is 12.3 Å². The third-order valence-electron chi connectivity index (χ3n) is 3.14. The molecule has 0 fully saturated rings. The molecule has 0 bridgehead atoms. The van der Waals surface area contributed by atoms with E-state index in [-0.39, 0.29) is 17.6 Å². The number of carbonyl (C=O) groups excluding carboxylic acids is 1. The summed E-state index contributed by atoms with van der Waals surface area (Å²) in [5.74, 6) is -0.230. The summed E-state index contributed by atoms with van der Waals surface area (Å²) in [6.07, 6.45) is 1.06. The van der Waals surface area contributed by atoms with E-state index in [0.717, 1.165) is 6.26 Å². The minimum absolute atomic E-state index is 0.150. The Labute approximate surface area is 132 Å². The number of aryl methyl sites for hydroxylation is 1. The molecule has 3 rings (SSSR count). The van der Waals surface area contributed by atoms with Gasteiger partial charge >= 0.3 is 0 Å². The van der Waals surface area contributed by atoms with E-state index in [0.29, 0.717) is 16.7 Å². The maximum atomic E-state index is 12.2. The fourth-order valence-electron chi connectivity index (χ4n) is 2.23. The molecule has 0 aliphatic rings. The van der Waals surface area contributed by atoms with Crippen LogP contribution < -0.4 is 5.32 Å². The number of para-hydroxylation sites is 2. The highest BCUT2D eigenvalue weighted by Gasteiger charge is 2.21. The zero-order valence-electron chi connectivity index (χ0n) is 12.5. The van der Waals surface area contributed by atoms with Gasteiger partial charge in [-0.2, -0.15) is 0 Å². The second kappa shape index (κ2) is 5.51. The number of nitrogens with zero attached hydrogens (tertiary/aromatic N) is 3. The molecule has 0 radical (unpaired) electrons. The monoisotopic (exact) mass is 334 g/mol. The molecule has 2 aromatic heterocycles.